The van der Waals surface area contributed by atoms with Gasteiger partial charge in [-0.25, -0.2) is 4.79 Å². The van der Waals surface area contributed by atoms with Crippen LogP contribution in [0.1, 0.15) is 21.5 Å². The molecule has 0 radical (unpaired) electrons. The molecule has 1 saturated heterocycles. The third-order valence-corrected chi connectivity index (χ3v) is 5.50. The van der Waals surface area contributed by atoms with E-state index in [9.17, 15) is 14.4 Å². The molecule has 146 valence electrons. The van der Waals surface area contributed by atoms with Gasteiger partial charge in [0.2, 0.25) is 0 Å². The van der Waals surface area contributed by atoms with Gasteiger partial charge in [0.1, 0.15) is 12.4 Å². The average Bonchev–Trinajstić information content (AvgIpc) is 2.95. The lowest BCUT2D eigenvalue weighted by Crippen LogP contribution is -2.28. The summed E-state index contributed by atoms with van der Waals surface area (Å²) >= 11 is 4.29. The number of amides is 2. The normalized spacial score (nSPS) is 14.9. The lowest BCUT2D eigenvalue weighted by atomic mass is 10.1. The highest BCUT2D eigenvalue weighted by Gasteiger charge is 2.34. The van der Waals surface area contributed by atoms with Crippen molar-refractivity contribution in [2.45, 2.75) is 6.61 Å². The van der Waals surface area contributed by atoms with Gasteiger partial charge in [-0.1, -0.05) is 24.1 Å². The maximum atomic E-state index is 12.2. The van der Waals surface area contributed by atoms with Gasteiger partial charge in [0.25, 0.3) is 11.1 Å². The predicted octanol–water partition coefficient (Wildman–Crippen LogP) is 4.40. The largest absolute Gasteiger partial charge is 0.488 e. The van der Waals surface area contributed by atoms with Crippen molar-refractivity contribution in [3.05, 3.63) is 68.5 Å². The number of carbonyl (C=O) groups excluding carboxylic acids is 2. The highest BCUT2D eigenvalue weighted by atomic mass is 79.9. The van der Waals surface area contributed by atoms with Crippen LogP contribution < -0.4 is 4.74 Å². The molecule has 0 bridgehead atoms. The van der Waals surface area contributed by atoms with Gasteiger partial charge in [-0.15, -0.1) is 6.42 Å². The molecular formula is C21H14BrNO5S. The molecule has 1 heterocycles. The molecule has 1 N–H and O–H groups in total. The molecule has 0 aromatic heterocycles. The number of thioether (sulfide) groups is 1. The Morgan fingerprint density at radius 2 is 1.97 bits per heavy atom. The number of carboxylic acid groups (broad SMARTS) is 1. The quantitative estimate of drug-likeness (QED) is 0.496. The van der Waals surface area contributed by atoms with Crippen LogP contribution in [-0.4, -0.2) is 33.7 Å². The fourth-order valence-electron chi connectivity index (χ4n) is 2.51. The molecule has 0 atom stereocenters. The van der Waals surface area contributed by atoms with Gasteiger partial charge in [0.05, 0.1) is 21.5 Å². The fourth-order valence-corrected chi connectivity index (χ4v) is 3.86. The summed E-state index contributed by atoms with van der Waals surface area (Å²) < 4.78 is 6.44. The molecule has 8 heteroatoms. The Morgan fingerprint density at radius 1 is 1.24 bits per heavy atom. The smallest absolute Gasteiger partial charge is 0.335 e. The van der Waals surface area contributed by atoms with E-state index in [0.717, 1.165) is 27.8 Å². The molecule has 1 fully saturated rings. The van der Waals surface area contributed by atoms with Gasteiger partial charge in [-0.3, -0.25) is 14.5 Å². The van der Waals surface area contributed by atoms with Crippen LogP contribution in [0.15, 0.2) is 51.8 Å². The molecule has 0 aliphatic carbocycles. The first-order valence-corrected chi connectivity index (χ1v) is 9.93. The second-order valence-corrected chi connectivity index (χ2v) is 7.80. The maximum absolute atomic E-state index is 12.2. The van der Waals surface area contributed by atoms with Crippen LogP contribution in [-0.2, 0) is 11.4 Å². The van der Waals surface area contributed by atoms with Crippen LogP contribution in [0, 0.1) is 12.3 Å². The Hall–Kier alpha value is -3.02. The lowest BCUT2D eigenvalue weighted by Gasteiger charge is -2.09. The van der Waals surface area contributed by atoms with Crippen LogP contribution in [0.2, 0.25) is 0 Å². The summed E-state index contributed by atoms with van der Waals surface area (Å²) in [5.74, 6) is 1.50. The molecule has 0 unspecified atom stereocenters. The SMILES string of the molecule is C#CCN1C(=O)S/C(=C\c2ccc(OCc3ccc(C(=O)O)cc3)c(Br)c2)C1=O. The minimum absolute atomic E-state index is 0.0497. The van der Waals surface area contributed by atoms with Gasteiger partial charge >= 0.3 is 5.97 Å². The zero-order chi connectivity index (χ0) is 21.0. The summed E-state index contributed by atoms with van der Waals surface area (Å²) in [6.07, 6.45) is 6.81. The molecule has 0 saturated carbocycles. The fraction of sp³-hybridized carbons (Fsp3) is 0.0952. The van der Waals surface area contributed by atoms with E-state index >= 15 is 0 Å². The Labute approximate surface area is 179 Å². The molecule has 6 nitrogen and oxygen atoms in total. The van der Waals surface area contributed by atoms with Crippen LogP contribution in [0.3, 0.4) is 0 Å². The number of aromatic carboxylic acids is 1. The number of benzene rings is 2. The first kappa shape index (κ1) is 20.7. The first-order valence-electron chi connectivity index (χ1n) is 8.32. The Kier molecular flexibility index (Phi) is 6.42. The van der Waals surface area contributed by atoms with E-state index in [0.29, 0.717) is 15.1 Å². The minimum atomic E-state index is -0.979. The summed E-state index contributed by atoms with van der Waals surface area (Å²) in [5.41, 5.74) is 1.76. The minimum Gasteiger partial charge on any atom is -0.488 e. The van der Waals surface area contributed by atoms with E-state index in [1.165, 1.54) is 12.1 Å². The molecule has 29 heavy (non-hydrogen) atoms. The number of ether oxygens (including phenoxy) is 1. The number of hydrogen-bond acceptors (Lipinski definition) is 5. The zero-order valence-electron chi connectivity index (χ0n) is 14.9. The number of carboxylic acids is 1. The van der Waals surface area contributed by atoms with Crippen molar-refractivity contribution in [2.75, 3.05) is 6.54 Å². The second-order valence-electron chi connectivity index (χ2n) is 5.95. The number of hydrogen-bond donors (Lipinski definition) is 1. The molecule has 3 rings (SSSR count). The molecule has 2 amide bonds. The summed E-state index contributed by atoms with van der Waals surface area (Å²) in [6.45, 7) is 0.217. The van der Waals surface area contributed by atoms with Crippen LogP contribution in [0.25, 0.3) is 6.08 Å². The number of nitrogens with zero attached hydrogens (tertiary/aromatic N) is 1. The van der Waals surface area contributed by atoms with Crippen molar-refractivity contribution < 1.29 is 24.2 Å². The van der Waals surface area contributed by atoms with E-state index in [1.807, 2.05) is 0 Å². The average molecular weight is 472 g/mol. The summed E-state index contributed by atoms with van der Waals surface area (Å²) in [5, 5.41) is 8.54. The third kappa shape index (κ3) is 4.88. The molecular weight excluding hydrogens is 458 g/mol. The topological polar surface area (TPSA) is 83.9 Å². The Balaban J connectivity index is 1.69. The molecule has 1 aliphatic rings. The van der Waals surface area contributed by atoms with Crippen LogP contribution >= 0.6 is 27.7 Å². The second kappa shape index (κ2) is 8.99. The number of rotatable bonds is 6. The number of imide groups is 1. The van der Waals surface area contributed by atoms with Gasteiger partial charge in [0, 0.05) is 0 Å². The van der Waals surface area contributed by atoms with E-state index in [1.54, 1.807) is 36.4 Å². The van der Waals surface area contributed by atoms with Crippen LogP contribution in [0.4, 0.5) is 4.79 Å². The molecule has 0 spiro atoms. The van der Waals surface area contributed by atoms with E-state index in [4.69, 9.17) is 16.3 Å². The highest BCUT2D eigenvalue weighted by molar-refractivity contribution is 9.10. The lowest BCUT2D eigenvalue weighted by molar-refractivity contribution is -0.122. The number of carbonyl (C=O) groups is 3. The van der Waals surface area contributed by atoms with Gasteiger partial charge in [-0.2, -0.15) is 0 Å². The van der Waals surface area contributed by atoms with Gasteiger partial charge in [0.15, 0.2) is 0 Å². The standard InChI is InChI=1S/C21H14BrNO5S/c1-2-9-23-19(24)18(29-21(23)27)11-14-5-8-17(16(22)10-14)28-12-13-3-6-15(7-4-13)20(25)26/h1,3-8,10-11H,9,12H2,(H,25,26)/b18-11-. The van der Waals surface area contributed by atoms with E-state index in [2.05, 4.69) is 21.9 Å². The van der Waals surface area contributed by atoms with Crippen molar-refractivity contribution in [1.82, 2.24) is 4.90 Å². The maximum Gasteiger partial charge on any atom is 0.335 e. The molecule has 2 aromatic rings. The molecule has 1 aliphatic heterocycles. The number of halogens is 1. The van der Waals surface area contributed by atoms with E-state index < -0.39 is 11.9 Å². The first-order chi connectivity index (χ1) is 13.9. The van der Waals surface area contributed by atoms with Crippen molar-refractivity contribution in [1.29, 1.82) is 0 Å². The highest BCUT2D eigenvalue weighted by Crippen LogP contribution is 2.33. The Bertz CT molecular complexity index is 1060. The molecule has 2 aromatic carbocycles. The van der Waals surface area contributed by atoms with Gasteiger partial charge in [-0.05, 0) is 69.2 Å². The monoisotopic (exact) mass is 471 g/mol. The predicted molar refractivity (Wildman–Crippen MR) is 113 cm³/mol. The Morgan fingerprint density at radius 3 is 2.59 bits per heavy atom. The van der Waals surface area contributed by atoms with Crippen LogP contribution in [0.5, 0.6) is 5.75 Å². The van der Waals surface area contributed by atoms with Crippen molar-refractivity contribution in [2.24, 2.45) is 0 Å². The zero-order valence-corrected chi connectivity index (χ0v) is 17.3. The number of terminal acetylenes is 1. The van der Waals surface area contributed by atoms with Crippen molar-refractivity contribution in [3.63, 3.8) is 0 Å². The van der Waals surface area contributed by atoms with Gasteiger partial charge < -0.3 is 9.84 Å². The summed E-state index contributed by atoms with van der Waals surface area (Å²) in [4.78, 5) is 36.3. The summed E-state index contributed by atoms with van der Waals surface area (Å²) in [6, 6.07) is 11.7. The van der Waals surface area contributed by atoms with Crippen molar-refractivity contribution in [3.8, 4) is 18.1 Å². The summed E-state index contributed by atoms with van der Waals surface area (Å²) in [7, 11) is 0. The third-order valence-electron chi connectivity index (χ3n) is 3.97. The van der Waals surface area contributed by atoms with Crippen molar-refractivity contribution >= 4 is 50.9 Å². The van der Waals surface area contributed by atoms with E-state index in [-0.39, 0.29) is 24.0 Å².